The van der Waals surface area contributed by atoms with Crippen molar-refractivity contribution >= 4 is 11.9 Å². The summed E-state index contributed by atoms with van der Waals surface area (Å²) in [4.78, 5) is 21.9. The zero-order valence-electron chi connectivity index (χ0n) is 8.73. The van der Waals surface area contributed by atoms with Gasteiger partial charge in [0.25, 0.3) is 0 Å². The normalized spacial score (nSPS) is 14.3. The van der Waals surface area contributed by atoms with Crippen LogP contribution in [0, 0.1) is 0 Å². The average molecular weight is 220 g/mol. The Bertz CT molecular complexity index is 221. The van der Waals surface area contributed by atoms with Crippen molar-refractivity contribution < 1.29 is 24.2 Å². The summed E-state index contributed by atoms with van der Waals surface area (Å²) >= 11 is 0. The number of hydrogen-bond donors (Lipinski definition) is 3. The second-order valence-electron chi connectivity index (χ2n) is 2.92. The highest BCUT2D eigenvalue weighted by atomic mass is 16.5. The molecule has 7 heteroatoms. The average Bonchev–Trinajstić information content (AvgIpc) is 2.17. The summed E-state index contributed by atoms with van der Waals surface area (Å²) in [6.45, 7) is -0.0775. The van der Waals surface area contributed by atoms with Crippen molar-refractivity contribution in [3.05, 3.63) is 0 Å². The number of carboxylic acids is 1. The number of hydrogen-bond acceptors (Lipinski definition) is 5. The van der Waals surface area contributed by atoms with E-state index >= 15 is 0 Å². The van der Waals surface area contributed by atoms with E-state index < -0.39 is 24.0 Å². The van der Waals surface area contributed by atoms with Crippen molar-refractivity contribution in [2.45, 2.75) is 12.1 Å². The number of nitrogens with two attached hydrogens (primary N) is 1. The van der Waals surface area contributed by atoms with E-state index in [-0.39, 0.29) is 13.2 Å². The van der Waals surface area contributed by atoms with Gasteiger partial charge in [-0.15, -0.1) is 0 Å². The van der Waals surface area contributed by atoms with Gasteiger partial charge in [-0.1, -0.05) is 0 Å². The molecule has 0 aromatic heterocycles. The number of aliphatic carboxylic acids is 1. The third-order valence-electron chi connectivity index (χ3n) is 1.63. The molecule has 0 saturated heterocycles. The third-order valence-corrected chi connectivity index (χ3v) is 1.63. The van der Waals surface area contributed by atoms with Gasteiger partial charge in [-0.05, 0) is 0 Å². The van der Waals surface area contributed by atoms with Crippen molar-refractivity contribution in [2.24, 2.45) is 5.73 Å². The van der Waals surface area contributed by atoms with Crippen LogP contribution in [0.3, 0.4) is 0 Å². The molecule has 0 radical (unpaired) electrons. The molecule has 7 nitrogen and oxygen atoms in total. The van der Waals surface area contributed by atoms with Crippen LogP contribution < -0.4 is 11.1 Å². The first-order chi connectivity index (χ1) is 7.02. The van der Waals surface area contributed by atoms with Crippen molar-refractivity contribution in [1.29, 1.82) is 0 Å². The van der Waals surface area contributed by atoms with Gasteiger partial charge >= 0.3 is 5.97 Å². The Balaban J connectivity index is 4.15. The Kier molecular flexibility index (Phi) is 6.59. The zero-order valence-corrected chi connectivity index (χ0v) is 8.73. The van der Waals surface area contributed by atoms with Crippen LogP contribution >= 0.6 is 0 Å². The van der Waals surface area contributed by atoms with Gasteiger partial charge in [0.1, 0.15) is 6.04 Å². The highest BCUT2D eigenvalue weighted by Crippen LogP contribution is 1.88. The molecule has 0 aliphatic heterocycles. The van der Waals surface area contributed by atoms with Crippen molar-refractivity contribution in [1.82, 2.24) is 5.32 Å². The van der Waals surface area contributed by atoms with Crippen molar-refractivity contribution in [3.63, 3.8) is 0 Å². The van der Waals surface area contributed by atoms with Gasteiger partial charge in [0.2, 0.25) is 5.91 Å². The fourth-order valence-electron chi connectivity index (χ4n) is 0.875. The van der Waals surface area contributed by atoms with Crippen LogP contribution in [0.15, 0.2) is 0 Å². The molecule has 4 N–H and O–H groups in total. The molecule has 2 unspecified atom stereocenters. The summed E-state index contributed by atoms with van der Waals surface area (Å²) in [6.07, 6.45) is 0. The summed E-state index contributed by atoms with van der Waals surface area (Å²) in [5.74, 6) is -1.75. The minimum absolute atomic E-state index is 0.0329. The first-order valence-corrected chi connectivity index (χ1v) is 4.29. The van der Waals surface area contributed by atoms with E-state index in [2.05, 4.69) is 14.8 Å². The van der Waals surface area contributed by atoms with Crippen LogP contribution in [0.25, 0.3) is 0 Å². The number of carboxylic acid groups (broad SMARTS) is 1. The number of nitrogens with one attached hydrogen (secondary N) is 1. The Morgan fingerprint density at radius 1 is 1.33 bits per heavy atom. The molecule has 15 heavy (non-hydrogen) atoms. The van der Waals surface area contributed by atoms with E-state index in [0.717, 1.165) is 0 Å². The number of carbonyl (C=O) groups excluding carboxylic acids is 1. The lowest BCUT2D eigenvalue weighted by Gasteiger charge is -2.16. The SMILES string of the molecule is COCC(N)C(=O)NC(COC)C(=O)O. The Morgan fingerprint density at radius 3 is 2.27 bits per heavy atom. The topological polar surface area (TPSA) is 111 Å². The van der Waals surface area contributed by atoms with Crippen molar-refractivity contribution in [2.75, 3.05) is 27.4 Å². The monoisotopic (exact) mass is 220 g/mol. The minimum Gasteiger partial charge on any atom is -0.480 e. The Morgan fingerprint density at radius 2 is 1.87 bits per heavy atom. The molecule has 0 aliphatic carbocycles. The predicted molar refractivity (Wildman–Crippen MR) is 51.3 cm³/mol. The van der Waals surface area contributed by atoms with E-state index in [1.54, 1.807) is 0 Å². The maximum atomic E-state index is 11.3. The first-order valence-electron chi connectivity index (χ1n) is 4.29. The summed E-state index contributed by atoms with van der Waals surface area (Å²) in [5, 5.41) is 10.9. The largest absolute Gasteiger partial charge is 0.480 e. The third kappa shape index (κ3) is 5.31. The summed E-state index contributed by atoms with van der Waals surface area (Å²) in [5.41, 5.74) is 5.40. The molecule has 88 valence electrons. The molecule has 0 bridgehead atoms. The van der Waals surface area contributed by atoms with Gasteiger partial charge in [-0.3, -0.25) is 4.79 Å². The highest BCUT2D eigenvalue weighted by Gasteiger charge is 2.22. The lowest BCUT2D eigenvalue weighted by molar-refractivity contribution is -0.143. The van der Waals surface area contributed by atoms with Crippen LogP contribution in [0.2, 0.25) is 0 Å². The van der Waals surface area contributed by atoms with Crippen molar-refractivity contribution in [3.8, 4) is 0 Å². The predicted octanol–water partition coefficient (Wildman–Crippen LogP) is -1.82. The number of rotatable bonds is 7. The molecule has 0 rings (SSSR count). The van der Waals surface area contributed by atoms with Crippen LogP contribution in [-0.2, 0) is 19.1 Å². The zero-order chi connectivity index (χ0) is 11.8. The molecule has 0 saturated carbocycles. The number of ether oxygens (including phenoxy) is 2. The van der Waals surface area contributed by atoms with Gasteiger partial charge in [0, 0.05) is 14.2 Å². The lowest BCUT2D eigenvalue weighted by atomic mass is 10.2. The first kappa shape index (κ1) is 13.8. The second-order valence-corrected chi connectivity index (χ2v) is 2.92. The maximum absolute atomic E-state index is 11.3. The van der Waals surface area contributed by atoms with Crippen LogP contribution in [-0.4, -0.2) is 56.5 Å². The summed E-state index contributed by atoms with van der Waals surface area (Å²) in [6, 6.07) is -1.97. The molecule has 0 aliphatic rings. The van der Waals surface area contributed by atoms with Gasteiger partial charge < -0.3 is 25.6 Å². The molecule has 0 aromatic carbocycles. The molecule has 0 fully saturated rings. The molecular formula is C8H16N2O5. The van der Waals surface area contributed by atoms with Crippen LogP contribution in [0.5, 0.6) is 0 Å². The molecule has 2 atom stereocenters. The molecule has 0 spiro atoms. The van der Waals surface area contributed by atoms with Crippen LogP contribution in [0.4, 0.5) is 0 Å². The molecular weight excluding hydrogens is 204 g/mol. The van der Waals surface area contributed by atoms with Crippen LogP contribution in [0.1, 0.15) is 0 Å². The lowest BCUT2D eigenvalue weighted by Crippen LogP contribution is -2.51. The summed E-state index contributed by atoms with van der Waals surface area (Å²) in [7, 11) is 2.74. The van der Waals surface area contributed by atoms with Gasteiger partial charge in [0.05, 0.1) is 13.2 Å². The highest BCUT2D eigenvalue weighted by molar-refractivity contribution is 5.86. The van der Waals surface area contributed by atoms with E-state index in [9.17, 15) is 9.59 Å². The fraction of sp³-hybridized carbons (Fsp3) is 0.750. The fourth-order valence-corrected chi connectivity index (χ4v) is 0.875. The standard InChI is InChI=1S/C8H16N2O5/c1-14-3-5(9)7(11)10-6(4-15-2)8(12)13/h5-6H,3-4,9H2,1-2H3,(H,10,11)(H,12,13). The minimum atomic E-state index is -1.17. The Labute approximate surface area is 87.5 Å². The number of amides is 1. The smallest absolute Gasteiger partial charge is 0.328 e. The molecule has 0 aromatic rings. The van der Waals surface area contributed by atoms with E-state index in [1.165, 1.54) is 14.2 Å². The number of carbonyl (C=O) groups is 2. The van der Waals surface area contributed by atoms with Gasteiger partial charge in [0.15, 0.2) is 6.04 Å². The number of methoxy groups -OCH3 is 2. The van der Waals surface area contributed by atoms with E-state index in [4.69, 9.17) is 10.8 Å². The van der Waals surface area contributed by atoms with E-state index in [1.807, 2.05) is 0 Å². The van der Waals surface area contributed by atoms with Gasteiger partial charge in [-0.25, -0.2) is 4.79 Å². The molecule has 1 amide bonds. The van der Waals surface area contributed by atoms with E-state index in [0.29, 0.717) is 0 Å². The second kappa shape index (κ2) is 7.16. The molecule has 0 heterocycles. The summed E-state index contributed by atoms with van der Waals surface area (Å²) < 4.78 is 9.30. The Hall–Kier alpha value is -1.18. The van der Waals surface area contributed by atoms with Gasteiger partial charge in [-0.2, -0.15) is 0 Å². The quantitative estimate of drug-likeness (QED) is 0.465. The maximum Gasteiger partial charge on any atom is 0.328 e.